The molecule has 1 aliphatic carbocycles. The van der Waals surface area contributed by atoms with E-state index in [9.17, 15) is 9.59 Å². The van der Waals surface area contributed by atoms with Crippen LogP contribution in [0.1, 0.15) is 25.7 Å². The second kappa shape index (κ2) is 5.10. The molecule has 1 fully saturated rings. The highest BCUT2D eigenvalue weighted by molar-refractivity contribution is 6.38. The summed E-state index contributed by atoms with van der Waals surface area (Å²) in [5.74, 6) is -0.216. The van der Waals surface area contributed by atoms with Gasteiger partial charge in [0.15, 0.2) is 0 Å². The molecular weight excluding hydrogens is 180 g/mol. The maximum Gasteiger partial charge on any atom is 0.288 e. The van der Waals surface area contributed by atoms with Crippen LogP contribution in [0.25, 0.3) is 0 Å². The molecule has 0 radical (unpaired) electrons. The number of Topliss-reactive ketones (excluding diaryl/α,β-unsaturated/α-hetero) is 1. The quantitative estimate of drug-likeness (QED) is 0.615. The van der Waals surface area contributed by atoms with Crippen LogP contribution >= 0.6 is 0 Å². The number of ketones is 1. The van der Waals surface area contributed by atoms with Gasteiger partial charge in [-0.05, 0) is 19.4 Å². The van der Waals surface area contributed by atoms with Crippen LogP contribution in [0.2, 0.25) is 0 Å². The van der Waals surface area contributed by atoms with Crippen molar-refractivity contribution in [1.29, 1.82) is 0 Å². The second-order valence-corrected chi connectivity index (χ2v) is 3.82. The van der Waals surface area contributed by atoms with Gasteiger partial charge in [0.2, 0.25) is 5.78 Å². The highest BCUT2D eigenvalue weighted by Crippen LogP contribution is 2.30. The SMILES string of the molecule is CNC(=O)C(=O)[C@H](CC1CCC1)NC. The zero-order chi connectivity index (χ0) is 10.6. The minimum absolute atomic E-state index is 0.305. The smallest absolute Gasteiger partial charge is 0.288 e. The van der Waals surface area contributed by atoms with Crippen molar-refractivity contribution >= 4 is 11.7 Å². The van der Waals surface area contributed by atoms with Gasteiger partial charge in [0.1, 0.15) is 0 Å². The Hall–Kier alpha value is -0.900. The molecule has 0 spiro atoms. The van der Waals surface area contributed by atoms with Crippen LogP contribution in [0.4, 0.5) is 0 Å². The Balaban J connectivity index is 2.43. The summed E-state index contributed by atoms with van der Waals surface area (Å²) in [5, 5.41) is 5.27. The van der Waals surface area contributed by atoms with E-state index in [-0.39, 0.29) is 11.8 Å². The van der Waals surface area contributed by atoms with Gasteiger partial charge in [-0.3, -0.25) is 9.59 Å². The van der Waals surface area contributed by atoms with Gasteiger partial charge < -0.3 is 10.6 Å². The third-order valence-corrected chi connectivity index (χ3v) is 2.91. The van der Waals surface area contributed by atoms with Gasteiger partial charge in [0.25, 0.3) is 5.91 Å². The van der Waals surface area contributed by atoms with Crippen LogP contribution in [0.15, 0.2) is 0 Å². The number of hydrogen-bond acceptors (Lipinski definition) is 3. The first-order valence-electron chi connectivity index (χ1n) is 5.12. The molecule has 1 rings (SSSR count). The van der Waals surface area contributed by atoms with Crippen LogP contribution in [-0.4, -0.2) is 31.8 Å². The number of carbonyl (C=O) groups is 2. The van der Waals surface area contributed by atoms with E-state index in [1.807, 2.05) is 0 Å². The van der Waals surface area contributed by atoms with Crippen molar-refractivity contribution in [2.75, 3.05) is 14.1 Å². The number of carbonyl (C=O) groups excluding carboxylic acids is 2. The summed E-state index contributed by atoms with van der Waals surface area (Å²) < 4.78 is 0. The Morgan fingerprint density at radius 2 is 2.00 bits per heavy atom. The van der Waals surface area contributed by atoms with Gasteiger partial charge in [0.05, 0.1) is 6.04 Å². The largest absolute Gasteiger partial charge is 0.353 e. The standard InChI is InChI=1S/C10H18N2O2/c1-11-8(6-7-4-3-5-7)9(13)10(14)12-2/h7-8,11H,3-6H2,1-2H3,(H,12,14)/t8-/m0/s1. The monoisotopic (exact) mass is 198 g/mol. The van der Waals surface area contributed by atoms with Gasteiger partial charge >= 0.3 is 0 Å². The van der Waals surface area contributed by atoms with E-state index < -0.39 is 5.91 Å². The summed E-state index contributed by atoms with van der Waals surface area (Å²) >= 11 is 0. The lowest BCUT2D eigenvalue weighted by atomic mass is 9.80. The molecule has 1 saturated carbocycles. The number of rotatable bonds is 5. The molecule has 4 heteroatoms. The zero-order valence-electron chi connectivity index (χ0n) is 8.80. The molecule has 4 nitrogen and oxygen atoms in total. The van der Waals surface area contributed by atoms with Crippen molar-refractivity contribution < 1.29 is 9.59 Å². The fourth-order valence-corrected chi connectivity index (χ4v) is 1.70. The van der Waals surface area contributed by atoms with E-state index in [4.69, 9.17) is 0 Å². The Kier molecular flexibility index (Phi) is 4.07. The first kappa shape index (κ1) is 11.2. The van der Waals surface area contributed by atoms with Gasteiger partial charge in [-0.25, -0.2) is 0 Å². The topological polar surface area (TPSA) is 58.2 Å². The fourth-order valence-electron chi connectivity index (χ4n) is 1.70. The van der Waals surface area contributed by atoms with Crippen molar-refractivity contribution in [1.82, 2.24) is 10.6 Å². The molecule has 0 aliphatic heterocycles. The van der Waals surface area contributed by atoms with Crippen LogP contribution < -0.4 is 10.6 Å². The predicted molar refractivity (Wildman–Crippen MR) is 53.9 cm³/mol. The lowest BCUT2D eigenvalue weighted by molar-refractivity contribution is -0.139. The normalized spacial score (nSPS) is 18.4. The molecule has 1 atom stereocenters. The minimum Gasteiger partial charge on any atom is -0.353 e. The maximum atomic E-state index is 11.5. The number of likely N-dealkylation sites (N-methyl/N-ethyl adjacent to an activating group) is 2. The Labute approximate surface area is 84.4 Å². The average Bonchev–Trinajstić information content (AvgIpc) is 2.14. The summed E-state index contributed by atoms with van der Waals surface area (Å²) in [6.45, 7) is 0. The molecule has 0 unspecified atom stereocenters. The number of hydrogen-bond donors (Lipinski definition) is 2. The molecule has 0 bridgehead atoms. The minimum atomic E-state index is -0.497. The van der Waals surface area contributed by atoms with E-state index in [1.165, 1.54) is 26.3 Å². The Morgan fingerprint density at radius 3 is 2.36 bits per heavy atom. The van der Waals surface area contributed by atoms with E-state index in [0.717, 1.165) is 6.42 Å². The van der Waals surface area contributed by atoms with Crippen molar-refractivity contribution in [3.05, 3.63) is 0 Å². The van der Waals surface area contributed by atoms with Crippen molar-refractivity contribution in [3.8, 4) is 0 Å². The summed E-state index contributed by atoms with van der Waals surface area (Å²) in [6, 6.07) is -0.305. The zero-order valence-corrected chi connectivity index (χ0v) is 8.80. The highest BCUT2D eigenvalue weighted by Gasteiger charge is 2.28. The summed E-state index contributed by atoms with van der Waals surface area (Å²) in [6.07, 6.45) is 4.44. The molecule has 0 aromatic carbocycles. The average molecular weight is 198 g/mol. The van der Waals surface area contributed by atoms with Crippen molar-refractivity contribution in [2.45, 2.75) is 31.7 Å². The predicted octanol–water partition coefficient (Wildman–Crippen LogP) is 0.0797. The molecule has 0 aromatic heterocycles. The van der Waals surface area contributed by atoms with E-state index in [1.54, 1.807) is 7.05 Å². The summed E-state index contributed by atoms with van der Waals surface area (Å²) in [4.78, 5) is 22.6. The lowest BCUT2D eigenvalue weighted by Crippen LogP contribution is -2.44. The van der Waals surface area contributed by atoms with Gasteiger partial charge in [-0.2, -0.15) is 0 Å². The van der Waals surface area contributed by atoms with E-state index in [0.29, 0.717) is 5.92 Å². The molecule has 0 aromatic rings. The van der Waals surface area contributed by atoms with Gasteiger partial charge in [-0.1, -0.05) is 19.3 Å². The van der Waals surface area contributed by atoms with Gasteiger partial charge in [0, 0.05) is 7.05 Å². The molecular formula is C10H18N2O2. The second-order valence-electron chi connectivity index (χ2n) is 3.82. The van der Waals surface area contributed by atoms with Crippen LogP contribution in [0.5, 0.6) is 0 Å². The first-order chi connectivity index (χ1) is 6.69. The van der Waals surface area contributed by atoms with Crippen LogP contribution in [0.3, 0.4) is 0 Å². The molecule has 80 valence electrons. The molecule has 0 saturated heterocycles. The highest BCUT2D eigenvalue weighted by atomic mass is 16.2. The van der Waals surface area contributed by atoms with Crippen LogP contribution in [0, 0.1) is 5.92 Å². The van der Waals surface area contributed by atoms with E-state index in [2.05, 4.69) is 10.6 Å². The lowest BCUT2D eigenvalue weighted by Gasteiger charge is -2.28. The molecule has 1 aliphatic rings. The maximum absolute atomic E-state index is 11.5. The Morgan fingerprint density at radius 1 is 1.36 bits per heavy atom. The third kappa shape index (κ3) is 2.54. The molecule has 1 amide bonds. The summed E-state index contributed by atoms with van der Waals surface area (Å²) in [7, 11) is 3.21. The summed E-state index contributed by atoms with van der Waals surface area (Å²) in [5.41, 5.74) is 0. The first-order valence-corrected chi connectivity index (χ1v) is 5.12. The van der Waals surface area contributed by atoms with Gasteiger partial charge in [-0.15, -0.1) is 0 Å². The molecule has 0 heterocycles. The van der Waals surface area contributed by atoms with Crippen molar-refractivity contribution in [3.63, 3.8) is 0 Å². The Bertz CT molecular complexity index is 224. The van der Waals surface area contributed by atoms with Crippen molar-refractivity contribution in [2.24, 2.45) is 5.92 Å². The number of amides is 1. The van der Waals surface area contributed by atoms with Crippen LogP contribution in [-0.2, 0) is 9.59 Å². The van der Waals surface area contributed by atoms with E-state index >= 15 is 0 Å². The fraction of sp³-hybridized carbons (Fsp3) is 0.800. The third-order valence-electron chi connectivity index (χ3n) is 2.91. The molecule has 14 heavy (non-hydrogen) atoms. The molecule has 2 N–H and O–H groups in total. The number of nitrogens with one attached hydrogen (secondary N) is 2.